The van der Waals surface area contributed by atoms with Gasteiger partial charge in [-0.1, -0.05) is 36.4 Å². The summed E-state index contributed by atoms with van der Waals surface area (Å²) in [4.78, 5) is 43.3. The molecule has 2 aliphatic heterocycles. The number of piperidine rings is 2. The first kappa shape index (κ1) is 24.8. The van der Waals surface area contributed by atoms with E-state index in [0.717, 1.165) is 37.9 Å². The molecule has 35 heavy (non-hydrogen) atoms. The molecule has 2 aliphatic rings. The average molecular weight is 478 g/mol. The number of hydrogen-bond acceptors (Lipinski definition) is 4. The minimum atomic E-state index is -0.599. The molecule has 7 nitrogen and oxygen atoms in total. The van der Waals surface area contributed by atoms with Crippen LogP contribution in [0.1, 0.15) is 48.0 Å². The Balaban J connectivity index is 1.43. The van der Waals surface area contributed by atoms with Crippen LogP contribution in [-0.2, 0) is 16.0 Å². The third-order valence-corrected chi connectivity index (χ3v) is 7.11. The summed E-state index contributed by atoms with van der Waals surface area (Å²) < 4.78 is 5.25. The van der Waals surface area contributed by atoms with Gasteiger partial charge in [0.25, 0.3) is 5.91 Å². The molecule has 2 saturated heterocycles. The number of methoxy groups -OCH3 is 1. The van der Waals surface area contributed by atoms with Crippen LogP contribution in [0.3, 0.4) is 0 Å². The zero-order chi connectivity index (χ0) is 24.6. The van der Waals surface area contributed by atoms with Crippen molar-refractivity contribution in [3.8, 4) is 5.75 Å². The molecular weight excluding hydrogens is 442 g/mol. The summed E-state index contributed by atoms with van der Waals surface area (Å²) >= 11 is 0. The number of hydrogen-bond donors (Lipinski definition) is 1. The number of carbonyl (C=O) groups is 3. The lowest BCUT2D eigenvalue weighted by molar-refractivity contribution is -0.136. The minimum Gasteiger partial charge on any atom is -0.497 e. The molecule has 3 amide bonds. The summed E-state index contributed by atoms with van der Waals surface area (Å²) in [6.45, 7) is 2.65. The van der Waals surface area contributed by atoms with E-state index in [4.69, 9.17) is 4.74 Å². The second kappa shape index (κ2) is 11.9. The molecule has 0 bridgehead atoms. The van der Waals surface area contributed by atoms with Gasteiger partial charge in [-0.15, -0.1) is 0 Å². The zero-order valence-electron chi connectivity index (χ0n) is 20.4. The van der Waals surface area contributed by atoms with Crippen LogP contribution in [-0.4, -0.2) is 66.9 Å². The van der Waals surface area contributed by atoms with Crippen molar-refractivity contribution in [2.45, 2.75) is 44.6 Å². The maximum absolute atomic E-state index is 13.6. The number of amides is 3. The van der Waals surface area contributed by atoms with Gasteiger partial charge in [-0.25, -0.2) is 0 Å². The van der Waals surface area contributed by atoms with Crippen molar-refractivity contribution < 1.29 is 19.1 Å². The number of likely N-dealkylation sites (tertiary alicyclic amines) is 2. The number of carbonyl (C=O) groups excluding carboxylic acids is 3. The van der Waals surface area contributed by atoms with Gasteiger partial charge in [0.15, 0.2) is 0 Å². The van der Waals surface area contributed by atoms with Gasteiger partial charge >= 0.3 is 0 Å². The van der Waals surface area contributed by atoms with Gasteiger partial charge in [0.05, 0.1) is 13.5 Å². The van der Waals surface area contributed by atoms with Gasteiger partial charge in [-0.3, -0.25) is 14.4 Å². The Bertz CT molecular complexity index is 1010. The number of benzene rings is 2. The highest BCUT2D eigenvalue weighted by molar-refractivity contribution is 5.98. The van der Waals surface area contributed by atoms with Crippen LogP contribution in [0.15, 0.2) is 54.6 Å². The van der Waals surface area contributed by atoms with Crippen molar-refractivity contribution in [3.63, 3.8) is 0 Å². The normalized spacial score (nSPS) is 17.5. The van der Waals surface area contributed by atoms with Crippen molar-refractivity contribution >= 4 is 17.7 Å². The largest absolute Gasteiger partial charge is 0.497 e. The predicted octanol–water partition coefficient (Wildman–Crippen LogP) is 3.29. The SMILES string of the molecule is COc1cccc(C(=O)N[C@@H](C(=O)N2CCCCC2)C2CCN(C(=O)Cc3ccccc3)CC2)c1. The molecular formula is C28H35N3O4. The molecule has 2 aromatic carbocycles. The summed E-state index contributed by atoms with van der Waals surface area (Å²) in [5.41, 5.74) is 1.47. The van der Waals surface area contributed by atoms with E-state index in [1.54, 1.807) is 31.4 Å². The number of rotatable bonds is 7. The molecule has 0 spiro atoms. The molecule has 0 unspecified atom stereocenters. The Morgan fingerprint density at radius 1 is 0.914 bits per heavy atom. The van der Waals surface area contributed by atoms with Gasteiger partial charge < -0.3 is 19.9 Å². The van der Waals surface area contributed by atoms with E-state index in [2.05, 4.69) is 5.32 Å². The molecule has 2 heterocycles. The number of ether oxygens (including phenoxy) is 1. The van der Waals surface area contributed by atoms with E-state index >= 15 is 0 Å². The standard InChI is InChI=1S/C28H35N3O4/c1-35-24-12-8-11-23(20-24)27(33)29-26(28(34)31-15-6-3-7-16-31)22-13-17-30(18-14-22)25(32)19-21-9-4-2-5-10-21/h2,4-5,8-12,20,22,26H,3,6-7,13-19H2,1H3,(H,29,33)/t26-/m1/s1. The summed E-state index contributed by atoms with van der Waals surface area (Å²) in [6, 6.07) is 16.1. The van der Waals surface area contributed by atoms with E-state index in [1.165, 1.54) is 0 Å². The van der Waals surface area contributed by atoms with Crippen LogP contribution in [0.2, 0.25) is 0 Å². The lowest BCUT2D eigenvalue weighted by Crippen LogP contribution is -2.55. The van der Waals surface area contributed by atoms with Crippen LogP contribution in [0, 0.1) is 5.92 Å². The Hall–Kier alpha value is -3.35. The first-order valence-electron chi connectivity index (χ1n) is 12.6. The van der Waals surface area contributed by atoms with E-state index in [1.807, 2.05) is 40.1 Å². The Labute approximate surface area is 207 Å². The Morgan fingerprint density at radius 3 is 2.31 bits per heavy atom. The monoisotopic (exact) mass is 477 g/mol. The van der Waals surface area contributed by atoms with Crippen molar-refractivity contribution in [1.29, 1.82) is 0 Å². The molecule has 0 aliphatic carbocycles. The highest BCUT2D eigenvalue weighted by Gasteiger charge is 2.36. The van der Waals surface area contributed by atoms with Gasteiger partial charge in [0.1, 0.15) is 11.8 Å². The highest BCUT2D eigenvalue weighted by Crippen LogP contribution is 2.25. The smallest absolute Gasteiger partial charge is 0.252 e. The summed E-state index contributed by atoms with van der Waals surface area (Å²) in [6.07, 6.45) is 4.87. The van der Waals surface area contributed by atoms with Crippen molar-refractivity contribution in [2.24, 2.45) is 5.92 Å². The van der Waals surface area contributed by atoms with E-state index in [-0.39, 0.29) is 23.6 Å². The molecule has 7 heteroatoms. The van der Waals surface area contributed by atoms with E-state index in [9.17, 15) is 14.4 Å². The van der Waals surface area contributed by atoms with E-state index in [0.29, 0.717) is 43.7 Å². The minimum absolute atomic E-state index is 0.00462. The van der Waals surface area contributed by atoms with Crippen molar-refractivity contribution in [3.05, 3.63) is 65.7 Å². The Kier molecular flexibility index (Phi) is 8.40. The summed E-state index contributed by atoms with van der Waals surface area (Å²) in [5, 5.41) is 3.05. The zero-order valence-corrected chi connectivity index (χ0v) is 20.4. The molecule has 186 valence electrons. The third kappa shape index (κ3) is 6.41. The number of nitrogens with zero attached hydrogens (tertiary/aromatic N) is 2. The lowest BCUT2D eigenvalue weighted by Gasteiger charge is -2.38. The molecule has 0 aromatic heterocycles. The quantitative estimate of drug-likeness (QED) is 0.664. The molecule has 4 rings (SSSR count). The average Bonchev–Trinajstić information content (AvgIpc) is 2.92. The fourth-order valence-electron chi connectivity index (χ4n) is 5.05. The number of nitrogens with one attached hydrogen (secondary N) is 1. The third-order valence-electron chi connectivity index (χ3n) is 7.11. The first-order valence-corrected chi connectivity index (χ1v) is 12.6. The van der Waals surface area contributed by atoms with Crippen LogP contribution < -0.4 is 10.1 Å². The van der Waals surface area contributed by atoms with Gasteiger partial charge in [0.2, 0.25) is 11.8 Å². The topological polar surface area (TPSA) is 79.0 Å². The van der Waals surface area contributed by atoms with Gasteiger partial charge in [0, 0.05) is 31.7 Å². The molecule has 2 fully saturated rings. The van der Waals surface area contributed by atoms with Crippen LogP contribution in [0.5, 0.6) is 5.75 Å². The summed E-state index contributed by atoms with van der Waals surface area (Å²) in [7, 11) is 1.56. The first-order chi connectivity index (χ1) is 17.0. The van der Waals surface area contributed by atoms with Crippen molar-refractivity contribution in [1.82, 2.24) is 15.1 Å². The fourth-order valence-corrected chi connectivity index (χ4v) is 5.05. The molecule has 2 aromatic rings. The maximum Gasteiger partial charge on any atom is 0.252 e. The van der Waals surface area contributed by atoms with Crippen LogP contribution >= 0.6 is 0 Å². The molecule has 1 N–H and O–H groups in total. The van der Waals surface area contributed by atoms with Crippen LogP contribution in [0.25, 0.3) is 0 Å². The van der Waals surface area contributed by atoms with Crippen molar-refractivity contribution in [2.75, 3.05) is 33.3 Å². The van der Waals surface area contributed by atoms with E-state index < -0.39 is 6.04 Å². The maximum atomic E-state index is 13.6. The fraction of sp³-hybridized carbons (Fsp3) is 0.464. The Morgan fingerprint density at radius 2 is 1.63 bits per heavy atom. The highest BCUT2D eigenvalue weighted by atomic mass is 16.5. The molecule has 1 atom stereocenters. The second-order valence-corrected chi connectivity index (χ2v) is 9.45. The van der Waals surface area contributed by atoms with Gasteiger partial charge in [-0.2, -0.15) is 0 Å². The lowest BCUT2D eigenvalue weighted by atomic mass is 9.87. The van der Waals surface area contributed by atoms with Crippen LogP contribution in [0.4, 0.5) is 0 Å². The molecule has 0 radical (unpaired) electrons. The second-order valence-electron chi connectivity index (χ2n) is 9.45. The predicted molar refractivity (Wildman–Crippen MR) is 134 cm³/mol. The summed E-state index contributed by atoms with van der Waals surface area (Å²) in [5.74, 6) is 0.410. The van der Waals surface area contributed by atoms with Gasteiger partial charge in [-0.05, 0) is 61.8 Å². The molecule has 0 saturated carbocycles.